The van der Waals surface area contributed by atoms with Gasteiger partial charge in [-0.05, 0) is 0 Å². The lowest BCUT2D eigenvalue weighted by Crippen LogP contribution is -1.71. The molecule has 0 aromatic heterocycles. The molecule has 0 aliphatic heterocycles. The standard InChI is InChI=1S/C3H7O2PS/c1-2-3-6(4,5)7/h2H,1,3H2,(H2,4,5,7). The van der Waals surface area contributed by atoms with Crippen molar-refractivity contribution < 1.29 is 9.46 Å². The van der Waals surface area contributed by atoms with Gasteiger partial charge in [-0.1, -0.05) is 18.3 Å². The molecule has 1 atom stereocenters. The molecule has 0 aromatic carbocycles. The Balaban J connectivity index is 3.57. The number of rotatable bonds is 2. The third-order valence-corrected chi connectivity index (χ3v) is 1.59. The Hall–Kier alpha value is 0.280. The van der Waals surface area contributed by atoms with Gasteiger partial charge < -0.3 is 4.89 Å². The Labute approximate surface area is 47.9 Å². The van der Waals surface area contributed by atoms with Crippen LogP contribution in [-0.2, 0) is 4.57 Å². The molecule has 0 fully saturated rings. The summed E-state index contributed by atoms with van der Waals surface area (Å²) in [6.07, 6.45) is 1.45. The minimum Gasteiger partial charge on any atom is -0.337 e. The topological polar surface area (TPSA) is 37.3 Å². The van der Waals surface area contributed by atoms with Crippen LogP contribution in [0.25, 0.3) is 0 Å². The zero-order chi connectivity index (χ0) is 5.91. The average molecular weight is 138 g/mol. The fourth-order valence-electron chi connectivity index (χ4n) is 0.168. The van der Waals surface area contributed by atoms with E-state index in [1.54, 1.807) is 0 Å². The fourth-order valence-corrected chi connectivity index (χ4v) is 0.851. The number of allylic oxidation sites excluding steroid dienone is 1. The first-order valence-corrected chi connectivity index (χ1v) is 4.71. The van der Waals surface area contributed by atoms with Crippen LogP contribution in [0.2, 0.25) is 0 Å². The zero-order valence-corrected chi connectivity index (χ0v) is 5.53. The smallest absolute Gasteiger partial charge is 0.255 e. The molecule has 4 heteroatoms. The maximum Gasteiger partial charge on any atom is 0.255 e. The first-order chi connectivity index (χ1) is 3.06. The van der Waals surface area contributed by atoms with Crippen LogP contribution in [0.5, 0.6) is 0 Å². The summed E-state index contributed by atoms with van der Waals surface area (Å²) in [4.78, 5) is 8.37. The highest BCUT2D eigenvalue weighted by Gasteiger charge is 2.05. The summed E-state index contributed by atoms with van der Waals surface area (Å²) >= 11 is 3.37. The van der Waals surface area contributed by atoms with Crippen LogP contribution in [0.1, 0.15) is 0 Å². The molecule has 1 unspecified atom stereocenters. The molecule has 2 nitrogen and oxygen atoms in total. The summed E-state index contributed by atoms with van der Waals surface area (Å²) in [6, 6.07) is 0. The molecule has 0 saturated carbocycles. The van der Waals surface area contributed by atoms with E-state index < -0.39 is 6.57 Å². The molecule has 0 aliphatic carbocycles. The van der Waals surface area contributed by atoms with E-state index >= 15 is 0 Å². The summed E-state index contributed by atoms with van der Waals surface area (Å²) in [7, 11) is 0. The predicted molar refractivity (Wildman–Crippen MR) is 33.9 cm³/mol. The lowest BCUT2D eigenvalue weighted by atomic mass is 10.8. The van der Waals surface area contributed by atoms with Crippen LogP contribution in [-0.4, -0.2) is 11.1 Å². The second-order valence-electron chi connectivity index (χ2n) is 1.14. The Morgan fingerprint density at radius 3 is 2.43 bits per heavy atom. The van der Waals surface area contributed by atoms with Gasteiger partial charge in [0.25, 0.3) is 6.57 Å². The quantitative estimate of drug-likeness (QED) is 0.342. The molecule has 0 heterocycles. The second-order valence-corrected chi connectivity index (χ2v) is 4.71. The minimum absolute atomic E-state index is 0.0795. The maximum atomic E-state index is 10.2. The molecule has 0 saturated heterocycles. The van der Waals surface area contributed by atoms with Gasteiger partial charge >= 0.3 is 0 Å². The Kier molecular flexibility index (Phi) is 2.66. The number of hydrogen-bond donors (Lipinski definition) is 2. The summed E-state index contributed by atoms with van der Waals surface area (Å²) in [5, 5.41) is 0. The van der Waals surface area contributed by atoms with Gasteiger partial charge in [0.15, 0.2) is 0 Å². The SMILES string of the molecule is C=CCP(=O)(O)S. The molecule has 0 aromatic rings. The number of hydrogen-bond acceptors (Lipinski definition) is 1. The van der Waals surface area contributed by atoms with Gasteiger partial charge in [-0.25, -0.2) is 0 Å². The lowest BCUT2D eigenvalue weighted by molar-refractivity contribution is 0.501. The second kappa shape index (κ2) is 2.55. The van der Waals surface area contributed by atoms with Crippen LogP contribution in [0.15, 0.2) is 12.7 Å². The fraction of sp³-hybridized carbons (Fsp3) is 0.333. The summed E-state index contributed by atoms with van der Waals surface area (Å²) in [5.41, 5.74) is 0. The van der Waals surface area contributed by atoms with Crippen molar-refractivity contribution in [2.24, 2.45) is 0 Å². The monoisotopic (exact) mass is 138 g/mol. The Morgan fingerprint density at radius 1 is 2.00 bits per heavy atom. The van der Waals surface area contributed by atoms with Crippen LogP contribution >= 0.6 is 18.8 Å². The molecule has 0 rings (SSSR count). The first kappa shape index (κ1) is 7.28. The lowest BCUT2D eigenvalue weighted by Gasteiger charge is -1.94. The largest absolute Gasteiger partial charge is 0.337 e. The minimum atomic E-state index is -3.09. The third-order valence-electron chi connectivity index (χ3n) is 0.367. The normalized spacial score (nSPS) is 18.0. The van der Waals surface area contributed by atoms with Gasteiger partial charge in [0.2, 0.25) is 0 Å². The van der Waals surface area contributed by atoms with Gasteiger partial charge in [0, 0.05) is 0 Å². The molecule has 0 radical (unpaired) electrons. The van der Waals surface area contributed by atoms with Crippen molar-refractivity contribution in [3.05, 3.63) is 12.7 Å². The summed E-state index contributed by atoms with van der Waals surface area (Å²) in [6.45, 7) is 0.176. The summed E-state index contributed by atoms with van der Waals surface area (Å²) in [5.74, 6) is 0. The van der Waals surface area contributed by atoms with Crippen LogP contribution in [0.4, 0.5) is 0 Å². The molecule has 7 heavy (non-hydrogen) atoms. The third kappa shape index (κ3) is 6.28. The highest BCUT2D eigenvalue weighted by Crippen LogP contribution is 2.44. The van der Waals surface area contributed by atoms with Crippen LogP contribution in [0.3, 0.4) is 0 Å². The maximum absolute atomic E-state index is 10.2. The van der Waals surface area contributed by atoms with Crippen molar-refractivity contribution in [1.82, 2.24) is 0 Å². The molecule has 0 bridgehead atoms. The van der Waals surface area contributed by atoms with E-state index in [-0.39, 0.29) is 6.16 Å². The van der Waals surface area contributed by atoms with Gasteiger partial charge in [0.1, 0.15) is 0 Å². The van der Waals surface area contributed by atoms with E-state index in [4.69, 9.17) is 4.89 Å². The molecular weight excluding hydrogens is 131 g/mol. The van der Waals surface area contributed by atoms with E-state index in [1.165, 1.54) is 6.08 Å². The van der Waals surface area contributed by atoms with Crippen LogP contribution < -0.4 is 0 Å². The van der Waals surface area contributed by atoms with Gasteiger partial charge in [0.05, 0.1) is 6.16 Å². The molecule has 0 amide bonds. The average Bonchev–Trinajstić information content (AvgIpc) is 1.30. The van der Waals surface area contributed by atoms with Crippen molar-refractivity contribution >= 4 is 18.8 Å². The van der Waals surface area contributed by atoms with E-state index in [1.807, 2.05) is 0 Å². The highest BCUT2D eigenvalue weighted by molar-refractivity contribution is 8.46. The Morgan fingerprint density at radius 2 is 2.43 bits per heavy atom. The van der Waals surface area contributed by atoms with E-state index in [0.717, 1.165) is 0 Å². The Bertz CT molecular complexity index is 106. The van der Waals surface area contributed by atoms with Crippen molar-refractivity contribution in [1.29, 1.82) is 0 Å². The molecule has 1 N–H and O–H groups in total. The van der Waals surface area contributed by atoms with Gasteiger partial charge in [-0.2, -0.15) is 0 Å². The molecule has 0 aliphatic rings. The van der Waals surface area contributed by atoms with Crippen molar-refractivity contribution in [3.63, 3.8) is 0 Å². The van der Waals surface area contributed by atoms with Crippen molar-refractivity contribution in [2.75, 3.05) is 6.16 Å². The highest BCUT2D eigenvalue weighted by atomic mass is 32.7. The van der Waals surface area contributed by atoms with E-state index in [0.29, 0.717) is 0 Å². The van der Waals surface area contributed by atoms with Crippen LogP contribution in [0, 0.1) is 0 Å². The van der Waals surface area contributed by atoms with Crippen molar-refractivity contribution in [3.8, 4) is 0 Å². The zero-order valence-electron chi connectivity index (χ0n) is 3.74. The van der Waals surface area contributed by atoms with E-state index in [2.05, 4.69) is 18.8 Å². The first-order valence-electron chi connectivity index (χ1n) is 1.72. The number of thiol groups is 1. The molecule has 42 valence electrons. The van der Waals surface area contributed by atoms with E-state index in [9.17, 15) is 4.57 Å². The summed E-state index contributed by atoms with van der Waals surface area (Å²) < 4.78 is 10.2. The van der Waals surface area contributed by atoms with Crippen molar-refractivity contribution in [2.45, 2.75) is 0 Å². The van der Waals surface area contributed by atoms with Gasteiger partial charge in [-0.15, -0.1) is 6.58 Å². The van der Waals surface area contributed by atoms with Gasteiger partial charge in [-0.3, -0.25) is 4.57 Å². The molecular formula is C3H7O2PS. The molecule has 0 spiro atoms. The predicted octanol–water partition coefficient (Wildman–Crippen LogP) is 1.29.